The maximum atomic E-state index is 3.79. The molecule has 0 radical (unpaired) electrons. The lowest BCUT2D eigenvalue weighted by Gasteiger charge is -2.54. The Hall–Kier alpha value is -0.510. The van der Waals surface area contributed by atoms with Crippen LogP contribution in [-0.4, -0.2) is 35.3 Å². The smallest absolute Gasteiger partial charge is 0.0229 e. The fourth-order valence-corrected chi connectivity index (χ4v) is 4.74. The first-order valence-electron chi connectivity index (χ1n) is 9.17. The summed E-state index contributed by atoms with van der Waals surface area (Å²) in [7, 11) is 0. The molecule has 0 unspecified atom stereocenters. The monoisotopic (exact) mass is 332 g/mol. The van der Waals surface area contributed by atoms with Gasteiger partial charge in [-0.2, -0.15) is 0 Å². The van der Waals surface area contributed by atoms with E-state index in [1.165, 1.54) is 57.3 Å². The van der Waals surface area contributed by atoms with Crippen LogP contribution in [0.2, 0.25) is 0 Å². The molecule has 1 aliphatic carbocycles. The van der Waals surface area contributed by atoms with Gasteiger partial charge in [0, 0.05) is 17.3 Å². The SMILES string of the molecule is CC(C)(C)SN[C@@H]1CCC12CCN(CCc1ccccc1)CC2. The molecule has 1 atom stereocenters. The van der Waals surface area contributed by atoms with Gasteiger partial charge >= 0.3 is 0 Å². The second kappa shape index (κ2) is 7.16. The number of nitrogens with one attached hydrogen (secondary N) is 1. The van der Waals surface area contributed by atoms with Crippen molar-refractivity contribution < 1.29 is 0 Å². The van der Waals surface area contributed by atoms with Crippen molar-refractivity contribution in [2.75, 3.05) is 19.6 Å². The summed E-state index contributed by atoms with van der Waals surface area (Å²) in [4.78, 5) is 2.67. The summed E-state index contributed by atoms with van der Waals surface area (Å²) >= 11 is 1.93. The second-order valence-electron chi connectivity index (χ2n) is 8.36. The average Bonchev–Trinajstić information content (AvgIpc) is 2.52. The Balaban J connectivity index is 1.43. The Bertz CT molecular complexity index is 486. The van der Waals surface area contributed by atoms with Crippen molar-refractivity contribution in [3.05, 3.63) is 35.9 Å². The van der Waals surface area contributed by atoms with Gasteiger partial charge in [0.1, 0.15) is 0 Å². The minimum atomic E-state index is 0.313. The molecule has 1 spiro atoms. The Morgan fingerprint density at radius 1 is 1.13 bits per heavy atom. The average molecular weight is 333 g/mol. The van der Waals surface area contributed by atoms with Crippen LogP contribution >= 0.6 is 11.9 Å². The number of hydrogen-bond acceptors (Lipinski definition) is 3. The van der Waals surface area contributed by atoms with Crippen LogP contribution in [-0.2, 0) is 6.42 Å². The Kier molecular flexibility index (Phi) is 5.39. The normalized spacial score (nSPS) is 24.6. The van der Waals surface area contributed by atoms with Crippen molar-refractivity contribution >= 4 is 11.9 Å². The highest BCUT2D eigenvalue weighted by molar-refractivity contribution is 7.98. The lowest BCUT2D eigenvalue weighted by atomic mass is 9.59. The number of likely N-dealkylation sites (tertiary alicyclic amines) is 1. The van der Waals surface area contributed by atoms with Crippen molar-refractivity contribution in [1.82, 2.24) is 9.62 Å². The van der Waals surface area contributed by atoms with E-state index in [4.69, 9.17) is 0 Å². The van der Waals surface area contributed by atoms with Crippen molar-refractivity contribution in [2.45, 2.75) is 63.7 Å². The minimum absolute atomic E-state index is 0.313. The fourth-order valence-electron chi connectivity index (χ4n) is 3.88. The molecule has 1 aromatic rings. The van der Waals surface area contributed by atoms with Crippen LogP contribution in [0.15, 0.2) is 30.3 Å². The number of rotatable bonds is 5. The van der Waals surface area contributed by atoms with Crippen LogP contribution in [0.3, 0.4) is 0 Å². The van der Waals surface area contributed by atoms with E-state index in [0.29, 0.717) is 10.2 Å². The van der Waals surface area contributed by atoms with E-state index >= 15 is 0 Å². The lowest BCUT2D eigenvalue weighted by molar-refractivity contribution is 0.00447. The highest BCUT2D eigenvalue weighted by Gasteiger charge is 2.48. The van der Waals surface area contributed by atoms with Gasteiger partial charge in [-0.15, -0.1) is 0 Å². The van der Waals surface area contributed by atoms with Gasteiger partial charge in [-0.05, 0) is 76.9 Å². The number of nitrogens with zero attached hydrogens (tertiary/aromatic N) is 1. The van der Waals surface area contributed by atoms with Gasteiger partial charge in [0.2, 0.25) is 0 Å². The molecule has 1 saturated heterocycles. The summed E-state index contributed by atoms with van der Waals surface area (Å²) < 4.78 is 4.10. The molecule has 0 bridgehead atoms. The van der Waals surface area contributed by atoms with Crippen LogP contribution in [0.4, 0.5) is 0 Å². The third-order valence-electron chi connectivity index (χ3n) is 5.59. The zero-order valence-corrected chi connectivity index (χ0v) is 15.8. The number of benzene rings is 1. The largest absolute Gasteiger partial charge is 0.303 e. The topological polar surface area (TPSA) is 15.3 Å². The van der Waals surface area contributed by atoms with Crippen molar-refractivity contribution in [2.24, 2.45) is 5.41 Å². The van der Waals surface area contributed by atoms with E-state index in [2.05, 4.69) is 60.7 Å². The van der Waals surface area contributed by atoms with Crippen LogP contribution in [0, 0.1) is 5.41 Å². The predicted octanol–water partition coefficient (Wildman–Crippen LogP) is 4.51. The van der Waals surface area contributed by atoms with E-state index in [0.717, 1.165) is 6.04 Å². The van der Waals surface area contributed by atoms with E-state index in [-0.39, 0.29) is 0 Å². The standard InChI is InChI=1S/C20H32N2S/c1-19(2,3)23-21-18-9-11-20(18)12-15-22(16-13-20)14-10-17-7-5-4-6-8-17/h4-8,18,21H,9-16H2,1-3H3/t18-/m1/s1. The molecule has 2 aliphatic rings. The fraction of sp³-hybridized carbons (Fsp3) is 0.700. The Labute approximate surface area is 146 Å². The minimum Gasteiger partial charge on any atom is -0.303 e. The molecule has 1 heterocycles. The predicted molar refractivity (Wildman–Crippen MR) is 102 cm³/mol. The summed E-state index contributed by atoms with van der Waals surface area (Å²) in [5.41, 5.74) is 2.07. The van der Waals surface area contributed by atoms with Gasteiger partial charge < -0.3 is 4.90 Å². The van der Waals surface area contributed by atoms with Gasteiger partial charge in [-0.1, -0.05) is 42.3 Å². The van der Waals surface area contributed by atoms with E-state index in [1.807, 2.05) is 11.9 Å². The van der Waals surface area contributed by atoms with Gasteiger partial charge in [0.25, 0.3) is 0 Å². The van der Waals surface area contributed by atoms with Gasteiger partial charge in [0.15, 0.2) is 0 Å². The molecule has 1 aromatic carbocycles. The third kappa shape index (κ3) is 4.52. The maximum absolute atomic E-state index is 3.79. The first-order chi connectivity index (χ1) is 11.0. The molecule has 1 saturated carbocycles. The van der Waals surface area contributed by atoms with Crippen LogP contribution in [0.1, 0.15) is 52.0 Å². The molecular weight excluding hydrogens is 300 g/mol. The van der Waals surface area contributed by atoms with Crippen molar-refractivity contribution in [3.63, 3.8) is 0 Å². The van der Waals surface area contributed by atoms with Gasteiger partial charge in [-0.25, -0.2) is 0 Å². The molecule has 2 fully saturated rings. The Morgan fingerprint density at radius 3 is 2.39 bits per heavy atom. The molecule has 2 nitrogen and oxygen atoms in total. The third-order valence-corrected chi connectivity index (χ3v) is 6.60. The van der Waals surface area contributed by atoms with Gasteiger partial charge in [-0.3, -0.25) is 4.72 Å². The molecule has 3 heteroatoms. The summed E-state index contributed by atoms with van der Waals surface area (Å²) in [6.07, 6.45) is 6.75. The van der Waals surface area contributed by atoms with Crippen molar-refractivity contribution in [3.8, 4) is 0 Å². The molecule has 128 valence electrons. The lowest BCUT2D eigenvalue weighted by Crippen LogP contribution is -2.57. The van der Waals surface area contributed by atoms with E-state index in [9.17, 15) is 0 Å². The molecule has 0 aromatic heterocycles. The molecule has 1 N–H and O–H groups in total. The Morgan fingerprint density at radius 2 is 1.83 bits per heavy atom. The van der Waals surface area contributed by atoms with E-state index < -0.39 is 0 Å². The first-order valence-corrected chi connectivity index (χ1v) is 9.98. The molecule has 23 heavy (non-hydrogen) atoms. The zero-order chi connectivity index (χ0) is 16.3. The molecule has 3 rings (SSSR count). The van der Waals surface area contributed by atoms with Crippen LogP contribution in [0.5, 0.6) is 0 Å². The maximum Gasteiger partial charge on any atom is 0.0229 e. The van der Waals surface area contributed by atoms with Crippen LogP contribution in [0.25, 0.3) is 0 Å². The van der Waals surface area contributed by atoms with Gasteiger partial charge in [0.05, 0.1) is 0 Å². The van der Waals surface area contributed by atoms with E-state index in [1.54, 1.807) is 0 Å². The first kappa shape index (κ1) is 17.3. The summed E-state index contributed by atoms with van der Waals surface area (Å²) in [6.45, 7) is 10.7. The summed E-state index contributed by atoms with van der Waals surface area (Å²) in [5.74, 6) is 0. The number of hydrogen-bond donors (Lipinski definition) is 1. The molecular formula is C20H32N2S. The highest BCUT2D eigenvalue weighted by atomic mass is 32.2. The highest BCUT2D eigenvalue weighted by Crippen LogP contribution is 2.50. The van der Waals surface area contributed by atoms with Crippen LogP contribution < -0.4 is 4.72 Å². The zero-order valence-electron chi connectivity index (χ0n) is 15.0. The summed E-state index contributed by atoms with van der Waals surface area (Å²) in [5, 5.41) is 0. The quantitative estimate of drug-likeness (QED) is 0.799. The number of piperidine rings is 1. The molecule has 0 amide bonds. The molecule has 1 aliphatic heterocycles. The summed E-state index contributed by atoms with van der Waals surface area (Å²) in [6, 6.07) is 11.6. The second-order valence-corrected chi connectivity index (χ2v) is 10.0. The van der Waals surface area contributed by atoms with Crippen molar-refractivity contribution in [1.29, 1.82) is 0 Å².